The molecule has 0 radical (unpaired) electrons. The van der Waals surface area contributed by atoms with Crippen LogP contribution in [0.5, 0.6) is 11.5 Å². The number of methoxy groups -OCH3 is 2. The van der Waals surface area contributed by atoms with Gasteiger partial charge < -0.3 is 19.8 Å². The van der Waals surface area contributed by atoms with Gasteiger partial charge in [0.1, 0.15) is 11.5 Å². The van der Waals surface area contributed by atoms with Crippen molar-refractivity contribution in [3.8, 4) is 11.5 Å². The zero-order valence-electron chi connectivity index (χ0n) is 15.0. The van der Waals surface area contributed by atoms with Gasteiger partial charge >= 0.3 is 0 Å². The van der Waals surface area contributed by atoms with Gasteiger partial charge in [0.05, 0.1) is 19.8 Å². The molecule has 1 aliphatic rings. The molecule has 25 heavy (non-hydrogen) atoms. The molecular weight excluding hydrogens is 318 g/mol. The number of rotatable bonds is 6. The molecule has 0 aliphatic carbocycles. The van der Waals surface area contributed by atoms with Gasteiger partial charge in [-0.25, -0.2) is 0 Å². The molecule has 2 heterocycles. The van der Waals surface area contributed by atoms with E-state index in [9.17, 15) is 4.79 Å². The van der Waals surface area contributed by atoms with Crippen molar-refractivity contribution >= 4 is 5.91 Å². The highest BCUT2D eigenvalue weighted by Gasteiger charge is 2.25. The number of hydrogen-bond donors (Lipinski definition) is 2. The average molecular weight is 343 g/mol. The van der Waals surface area contributed by atoms with E-state index in [1.165, 1.54) is 0 Å². The Labute approximate surface area is 148 Å². The normalized spacial score (nSPS) is 17.5. The lowest BCUT2D eigenvalue weighted by molar-refractivity contribution is 0.0937. The number of likely N-dealkylation sites (tertiary alicyclic amines) is 1. The molecule has 1 aromatic carbocycles. The van der Waals surface area contributed by atoms with Crippen LogP contribution in [0.25, 0.3) is 0 Å². The zero-order chi connectivity index (χ0) is 17.8. The van der Waals surface area contributed by atoms with Gasteiger partial charge in [-0.15, -0.1) is 0 Å². The molecule has 1 aromatic heterocycles. The number of amides is 1. The number of aromatic amines is 1. The third kappa shape index (κ3) is 4.14. The van der Waals surface area contributed by atoms with Gasteiger partial charge in [0.15, 0.2) is 0 Å². The number of H-pyrrole nitrogens is 1. The van der Waals surface area contributed by atoms with Crippen LogP contribution in [0.3, 0.4) is 0 Å². The molecule has 1 saturated heterocycles. The number of carbonyl (C=O) groups is 1. The molecule has 1 amide bonds. The van der Waals surface area contributed by atoms with Gasteiger partial charge in [-0.3, -0.25) is 9.69 Å². The predicted octanol–water partition coefficient (Wildman–Crippen LogP) is 2.34. The maximum atomic E-state index is 12.3. The minimum atomic E-state index is -0.00588. The van der Waals surface area contributed by atoms with Crippen LogP contribution in [0.15, 0.2) is 30.5 Å². The van der Waals surface area contributed by atoms with Crippen molar-refractivity contribution in [1.29, 1.82) is 0 Å². The van der Waals surface area contributed by atoms with Crippen LogP contribution < -0.4 is 14.8 Å². The van der Waals surface area contributed by atoms with Crippen LogP contribution in [-0.4, -0.2) is 49.1 Å². The molecule has 2 aromatic rings. The molecule has 0 bridgehead atoms. The summed E-state index contributed by atoms with van der Waals surface area (Å²) >= 11 is 0. The Morgan fingerprint density at radius 3 is 2.60 bits per heavy atom. The molecule has 6 heteroatoms. The summed E-state index contributed by atoms with van der Waals surface area (Å²) in [5.41, 5.74) is 2.76. The largest absolute Gasteiger partial charge is 0.497 e. The summed E-state index contributed by atoms with van der Waals surface area (Å²) in [6.07, 6.45) is 2.75. The second-order valence-electron chi connectivity index (χ2n) is 6.43. The molecular formula is C19H25N3O3. The van der Waals surface area contributed by atoms with Crippen LogP contribution in [0.1, 0.15) is 28.0 Å². The lowest BCUT2D eigenvalue weighted by Crippen LogP contribution is -2.37. The minimum absolute atomic E-state index is 0.00588. The number of benzene rings is 1. The van der Waals surface area contributed by atoms with Crippen LogP contribution in [0.4, 0.5) is 0 Å². The smallest absolute Gasteiger partial charge is 0.253 e. The highest BCUT2D eigenvalue weighted by molar-refractivity contribution is 5.95. The molecule has 2 N–H and O–H groups in total. The topological polar surface area (TPSA) is 66.6 Å². The third-order valence-corrected chi connectivity index (χ3v) is 4.62. The Kier molecular flexibility index (Phi) is 5.28. The Bertz CT molecular complexity index is 719. The molecule has 1 fully saturated rings. The number of nitrogens with zero attached hydrogens (tertiary/aromatic N) is 1. The number of aromatic nitrogens is 1. The SMILES string of the molecule is COc1cc(CN2CC[C@@H](NC(=O)c3cc[nH]c3C)C2)cc(OC)c1. The summed E-state index contributed by atoms with van der Waals surface area (Å²) in [6, 6.07) is 7.92. The van der Waals surface area contributed by atoms with E-state index >= 15 is 0 Å². The lowest BCUT2D eigenvalue weighted by Gasteiger charge is -2.18. The highest BCUT2D eigenvalue weighted by atomic mass is 16.5. The summed E-state index contributed by atoms with van der Waals surface area (Å²) in [5.74, 6) is 1.58. The summed E-state index contributed by atoms with van der Waals surface area (Å²) in [4.78, 5) is 17.7. The van der Waals surface area contributed by atoms with Crippen molar-refractivity contribution in [3.05, 3.63) is 47.3 Å². The second kappa shape index (κ2) is 7.61. The zero-order valence-corrected chi connectivity index (χ0v) is 15.0. The Balaban J connectivity index is 1.58. The standard InChI is InChI=1S/C19H25N3O3/c1-13-18(4-6-20-13)19(23)21-15-5-7-22(12-15)11-14-8-16(24-2)10-17(9-14)25-3/h4,6,8-10,15,20H,5,7,11-12H2,1-3H3,(H,21,23)/t15-/m1/s1. The van der Waals surface area contributed by atoms with E-state index < -0.39 is 0 Å². The Morgan fingerprint density at radius 2 is 2.00 bits per heavy atom. The molecule has 1 aliphatic heterocycles. The second-order valence-corrected chi connectivity index (χ2v) is 6.43. The summed E-state index contributed by atoms with van der Waals surface area (Å²) in [6.45, 7) is 4.51. The maximum absolute atomic E-state index is 12.3. The fourth-order valence-corrected chi connectivity index (χ4v) is 3.27. The van der Waals surface area contributed by atoms with Crippen molar-refractivity contribution < 1.29 is 14.3 Å². The first-order chi connectivity index (χ1) is 12.1. The molecule has 0 unspecified atom stereocenters. The lowest BCUT2D eigenvalue weighted by atomic mass is 10.2. The average Bonchev–Trinajstić information content (AvgIpc) is 3.23. The van der Waals surface area contributed by atoms with E-state index in [1.54, 1.807) is 20.4 Å². The summed E-state index contributed by atoms with van der Waals surface area (Å²) in [7, 11) is 3.31. The molecule has 6 nitrogen and oxygen atoms in total. The van der Waals surface area contributed by atoms with Crippen LogP contribution in [0.2, 0.25) is 0 Å². The van der Waals surface area contributed by atoms with Crippen LogP contribution in [-0.2, 0) is 6.54 Å². The van der Waals surface area contributed by atoms with E-state index in [1.807, 2.05) is 31.2 Å². The van der Waals surface area contributed by atoms with Crippen LogP contribution in [0, 0.1) is 6.92 Å². The maximum Gasteiger partial charge on any atom is 0.253 e. The fraction of sp³-hybridized carbons (Fsp3) is 0.421. The van der Waals surface area contributed by atoms with Crippen molar-refractivity contribution in [2.75, 3.05) is 27.3 Å². The van der Waals surface area contributed by atoms with Crippen molar-refractivity contribution in [2.45, 2.75) is 25.9 Å². The first-order valence-electron chi connectivity index (χ1n) is 8.48. The predicted molar refractivity (Wildman–Crippen MR) is 96.2 cm³/mol. The van der Waals surface area contributed by atoms with Gasteiger partial charge in [-0.1, -0.05) is 0 Å². The Hall–Kier alpha value is -2.47. The van der Waals surface area contributed by atoms with E-state index in [2.05, 4.69) is 15.2 Å². The molecule has 1 atom stereocenters. The number of carbonyl (C=O) groups excluding carboxylic acids is 1. The molecule has 0 spiro atoms. The van der Waals surface area contributed by atoms with Gasteiger partial charge in [0.25, 0.3) is 5.91 Å². The first kappa shape index (κ1) is 17.4. The van der Waals surface area contributed by atoms with Gasteiger partial charge in [0.2, 0.25) is 0 Å². The van der Waals surface area contributed by atoms with Gasteiger partial charge in [0, 0.05) is 43.6 Å². The summed E-state index contributed by atoms with van der Waals surface area (Å²) in [5, 5.41) is 3.13. The third-order valence-electron chi connectivity index (χ3n) is 4.62. The molecule has 3 rings (SSSR count). The first-order valence-corrected chi connectivity index (χ1v) is 8.48. The summed E-state index contributed by atoms with van der Waals surface area (Å²) < 4.78 is 10.7. The monoisotopic (exact) mass is 343 g/mol. The van der Waals surface area contributed by atoms with E-state index in [4.69, 9.17) is 9.47 Å². The van der Waals surface area contributed by atoms with E-state index in [-0.39, 0.29) is 11.9 Å². The van der Waals surface area contributed by atoms with Crippen molar-refractivity contribution in [2.24, 2.45) is 0 Å². The fourth-order valence-electron chi connectivity index (χ4n) is 3.27. The van der Waals surface area contributed by atoms with Gasteiger partial charge in [-0.05, 0) is 37.1 Å². The molecule has 0 saturated carbocycles. The molecule has 134 valence electrons. The van der Waals surface area contributed by atoms with Gasteiger partial charge in [-0.2, -0.15) is 0 Å². The highest BCUT2D eigenvalue weighted by Crippen LogP contribution is 2.24. The van der Waals surface area contributed by atoms with E-state index in [0.29, 0.717) is 0 Å². The van der Waals surface area contributed by atoms with Crippen LogP contribution >= 0.6 is 0 Å². The van der Waals surface area contributed by atoms with Crippen molar-refractivity contribution in [3.63, 3.8) is 0 Å². The Morgan fingerprint density at radius 1 is 1.28 bits per heavy atom. The quantitative estimate of drug-likeness (QED) is 0.845. The number of nitrogens with one attached hydrogen (secondary N) is 2. The number of aryl methyl sites for hydroxylation is 1. The van der Waals surface area contributed by atoms with E-state index in [0.717, 1.165) is 54.4 Å². The minimum Gasteiger partial charge on any atom is -0.497 e. The number of hydrogen-bond acceptors (Lipinski definition) is 4. The number of ether oxygens (including phenoxy) is 2. The van der Waals surface area contributed by atoms with Crippen molar-refractivity contribution in [1.82, 2.24) is 15.2 Å².